The number of aromatic amines is 2. The molecule has 0 spiro atoms. The first kappa shape index (κ1) is 31.3. The molecule has 0 bridgehead atoms. The van der Waals surface area contributed by atoms with Crippen molar-refractivity contribution in [2.24, 2.45) is 5.92 Å². The molecule has 242 valence electrons. The molecule has 2 aliphatic rings. The summed E-state index contributed by atoms with van der Waals surface area (Å²) < 4.78 is 23.8. The van der Waals surface area contributed by atoms with Crippen LogP contribution in [0, 0.1) is 15.0 Å². The van der Waals surface area contributed by atoms with Gasteiger partial charge in [0.05, 0.1) is 26.4 Å². The molecule has 11 nitrogen and oxygen atoms in total. The van der Waals surface area contributed by atoms with Crippen LogP contribution in [0.1, 0.15) is 24.8 Å². The zero-order valence-electron chi connectivity index (χ0n) is 26.1. The van der Waals surface area contributed by atoms with Crippen LogP contribution in [0.25, 0.3) is 45.5 Å². The van der Waals surface area contributed by atoms with Gasteiger partial charge in [-0.15, -0.1) is 0 Å². The Labute approximate surface area is 280 Å². The van der Waals surface area contributed by atoms with Gasteiger partial charge in [0.15, 0.2) is 5.82 Å². The molecule has 7 rings (SSSR count). The zero-order chi connectivity index (χ0) is 32.3. The van der Waals surface area contributed by atoms with Crippen molar-refractivity contribution in [3.05, 3.63) is 72.9 Å². The number of carbonyl (C=O) groups excluding carboxylic acids is 1. The number of carbonyl (C=O) groups is 1. The number of pyridine rings is 2. The number of ether oxygens (including phenoxy) is 1. The van der Waals surface area contributed by atoms with Gasteiger partial charge in [0.2, 0.25) is 5.91 Å². The van der Waals surface area contributed by atoms with Gasteiger partial charge in [0.25, 0.3) is 0 Å². The highest BCUT2D eigenvalue weighted by Gasteiger charge is 2.19. The lowest BCUT2D eigenvalue weighted by atomic mass is 9.94. The number of likely N-dealkylation sites (N-methyl/N-ethyl adjacent to an activating group) is 1. The van der Waals surface area contributed by atoms with E-state index in [2.05, 4.69) is 45.9 Å². The fraction of sp³-hybridized carbons (Fsp3) is 0.294. The first-order chi connectivity index (χ1) is 22.9. The fourth-order valence-corrected chi connectivity index (χ4v) is 7.98. The molecular formula is C34H35FIN9O2. The number of fused-ring (bicyclic) bond motifs is 2. The summed E-state index contributed by atoms with van der Waals surface area (Å²) in [4.78, 5) is 32.1. The summed E-state index contributed by atoms with van der Waals surface area (Å²) in [5, 5.41) is 15.2. The van der Waals surface area contributed by atoms with Crippen LogP contribution in [0.4, 0.5) is 10.1 Å². The van der Waals surface area contributed by atoms with Crippen LogP contribution in [0.5, 0.6) is 5.75 Å². The highest BCUT2D eigenvalue weighted by molar-refractivity contribution is 14.2. The molecular weight excluding hydrogens is 712 g/mol. The van der Waals surface area contributed by atoms with E-state index < -0.39 is 26.5 Å². The van der Waals surface area contributed by atoms with Gasteiger partial charge in [0, 0.05) is 47.8 Å². The molecule has 0 unspecified atom stereocenters. The van der Waals surface area contributed by atoms with Crippen molar-refractivity contribution in [1.29, 1.82) is 0 Å². The molecule has 2 aliphatic heterocycles. The quantitative estimate of drug-likeness (QED) is 0.149. The Morgan fingerprint density at radius 3 is 2.85 bits per heavy atom. The van der Waals surface area contributed by atoms with E-state index in [0.29, 0.717) is 65.2 Å². The molecule has 4 aromatic heterocycles. The molecule has 0 aliphatic carbocycles. The fourth-order valence-electron chi connectivity index (χ4n) is 5.79. The van der Waals surface area contributed by atoms with E-state index in [1.165, 1.54) is 12.1 Å². The van der Waals surface area contributed by atoms with Crippen LogP contribution < -0.4 is 20.6 Å². The van der Waals surface area contributed by atoms with Gasteiger partial charge < -0.3 is 25.3 Å². The average Bonchev–Trinajstić information content (AvgIpc) is 3.69. The van der Waals surface area contributed by atoms with Crippen LogP contribution in [0.2, 0.25) is 0 Å². The van der Waals surface area contributed by atoms with Gasteiger partial charge in [-0.2, -0.15) is 5.10 Å². The minimum absolute atomic E-state index is 0.0225. The number of benzene rings is 1. The van der Waals surface area contributed by atoms with E-state index in [9.17, 15) is 9.18 Å². The number of nitrogens with zero attached hydrogens (tertiary/aromatic N) is 5. The van der Waals surface area contributed by atoms with Crippen LogP contribution in [0.15, 0.2) is 53.0 Å². The molecule has 13 heteroatoms. The predicted octanol–water partition coefficient (Wildman–Crippen LogP) is 4.87. The number of amides is 1. The van der Waals surface area contributed by atoms with Crippen molar-refractivity contribution < 1.29 is 13.9 Å². The highest BCUT2D eigenvalue weighted by atomic mass is 127. The summed E-state index contributed by atoms with van der Waals surface area (Å²) in [5.41, 5.74) is 5.83. The summed E-state index contributed by atoms with van der Waals surface area (Å²) >= 11 is -0.512. The second kappa shape index (κ2) is 13.8. The third kappa shape index (κ3) is 7.16. The van der Waals surface area contributed by atoms with Crippen LogP contribution in [-0.2, 0) is 4.79 Å². The molecule has 5 aromatic rings. The Morgan fingerprint density at radius 1 is 1.13 bits per heavy atom. The number of allylic oxidation sites excluding steroid dienone is 1. The zero-order valence-corrected chi connectivity index (χ0v) is 28.3. The maximum atomic E-state index is 14.7. The number of nitrogens with one attached hydrogen (secondary N) is 4. The van der Waals surface area contributed by atoms with Crippen molar-refractivity contribution in [3.63, 3.8) is 0 Å². The molecule has 1 aromatic carbocycles. The van der Waals surface area contributed by atoms with Crippen molar-refractivity contribution in [2.75, 3.05) is 45.7 Å². The number of aromatic nitrogens is 6. The number of H-pyrrole nitrogens is 2. The maximum Gasteiger partial charge on any atom is 0.224 e. The Hall–Kier alpha value is -4.34. The monoisotopic (exact) mass is 747 g/mol. The summed E-state index contributed by atoms with van der Waals surface area (Å²) in [5.74, 6) is 1.05. The van der Waals surface area contributed by atoms with Gasteiger partial charge >= 0.3 is 0 Å². The van der Waals surface area contributed by atoms with Crippen molar-refractivity contribution in [3.8, 4) is 28.5 Å². The van der Waals surface area contributed by atoms with E-state index in [4.69, 9.17) is 9.72 Å². The molecule has 1 fully saturated rings. The summed E-state index contributed by atoms with van der Waals surface area (Å²) in [6, 6.07) is 8.43. The van der Waals surface area contributed by atoms with E-state index in [1.807, 2.05) is 37.3 Å². The largest absolute Gasteiger partial charge is 0.492 e. The summed E-state index contributed by atoms with van der Waals surface area (Å²) in [7, 11) is 3.92. The van der Waals surface area contributed by atoms with Crippen molar-refractivity contribution in [1.82, 2.24) is 40.3 Å². The smallest absolute Gasteiger partial charge is 0.224 e. The lowest BCUT2D eigenvalue weighted by Crippen LogP contribution is -2.30. The highest BCUT2D eigenvalue weighted by Crippen LogP contribution is 2.31. The molecule has 6 heterocycles. The van der Waals surface area contributed by atoms with Crippen molar-refractivity contribution >= 4 is 55.0 Å². The van der Waals surface area contributed by atoms with Crippen LogP contribution >= 0.6 is 20.7 Å². The minimum Gasteiger partial charge on any atom is -0.492 e. The van der Waals surface area contributed by atoms with E-state index >= 15 is 0 Å². The Balaban J connectivity index is 1.15. The van der Waals surface area contributed by atoms with E-state index in [-0.39, 0.29) is 5.91 Å². The number of imidazole rings is 1. The Kier molecular flexibility index (Phi) is 9.18. The Bertz CT molecular complexity index is 2100. The maximum absolute atomic E-state index is 14.7. The van der Waals surface area contributed by atoms with Crippen LogP contribution in [-0.4, -0.2) is 81.3 Å². The van der Waals surface area contributed by atoms with Crippen molar-refractivity contribution in [2.45, 2.75) is 19.3 Å². The number of hydrogen-bond acceptors (Lipinski definition) is 8. The van der Waals surface area contributed by atoms with E-state index in [0.717, 1.165) is 51.1 Å². The number of halogens is 2. The third-order valence-electron chi connectivity index (χ3n) is 8.20. The number of piperidine rings is 1. The lowest BCUT2D eigenvalue weighted by molar-refractivity contribution is -0.117. The first-order valence-corrected chi connectivity index (χ1v) is 17.9. The average molecular weight is 748 g/mol. The standard InChI is InChI=1S/C34H35FIN9O2/c1-45(2)9-10-47-26-14-21(12-24(35)16-26)30-32-28(5-8-39-30)41-34(42-32)31-27-15-22(17-36-33(27)44-43-31)23-13-25(19-38-18-23)40-29(46)11-20-3-6-37-7-4-20/h5,8,12-20,37H,3-4,6-7,9-11H2,1-2H3,(H,40,46)(H,41,42)(H,43,44). The number of rotatable bonds is 10. The first-order valence-electron chi connectivity index (χ1n) is 15.6. The third-order valence-corrected chi connectivity index (χ3v) is 10.6. The van der Waals surface area contributed by atoms with Crippen LogP contribution in [0.3, 0.4) is 0 Å². The molecule has 0 atom stereocenters. The lowest BCUT2D eigenvalue weighted by Gasteiger charge is -2.21. The molecule has 0 radical (unpaired) electrons. The second-order valence-electron chi connectivity index (χ2n) is 12.0. The number of hydrogen-bond donors (Lipinski definition) is 4. The van der Waals surface area contributed by atoms with Gasteiger partial charge in [-0.1, -0.05) is 20.7 Å². The predicted molar refractivity (Wildman–Crippen MR) is 189 cm³/mol. The van der Waals surface area contributed by atoms with Gasteiger partial charge in [0.1, 0.15) is 29.4 Å². The second-order valence-corrected chi connectivity index (χ2v) is 14.3. The summed E-state index contributed by atoms with van der Waals surface area (Å²) in [6.45, 7) is 3.08. The normalized spacial score (nSPS) is 14.9. The topological polar surface area (TPSA) is 137 Å². The minimum atomic E-state index is -0.512. The van der Waals surface area contributed by atoms with E-state index in [1.54, 1.807) is 18.5 Å². The molecule has 47 heavy (non-hydrogen) atoms. The SMILES string of the molecule is CN(C)CCOc1cc(F)cc(-c2nccc3[nH]c(-c4n[nH]c5c4=CC(c4cncc(NC(=O)CC6CCNCC6)c4)=CI=5)nc23)c1. The Morgan fingerprint density at radius 2 is 2.00 bits per heavy atom. The number of anilines is 1. The molecule has 0 saturated carbocycles. The van der Waals surface area contributed by atoms with Gasteiger partial charge in [-0.3, -0.25) is 19.9 Å². The molecule has 1 amide bonds. The van der Waals surface area contributed by atoms with Gasteiger partial charge in [-0.05, 0) is 85.9 Å². The molecule has 4 N–H and O–H groups in total. The summed E-state index contributed by atoms with van der Waals surface area (Å²) in [6.07, 6.45) is 9.84. The van der Waals surface area contributed by atoms with Gasteiger partial charge in [-0.25, -0.2) is 9.37 Å². The molecule has 1 saturated heterocycles.